The lowest BCUT2D eigenvalue weighted by molar-refractivity contribution is -0.117. The van der Waals surface area contributed by atoms with Gasteiger partial charge in [0.1, 0.15) is 5.76 Å². The van der Waals surface area contributed by atoms with Crippen molar-refractivity contribution in [1.29, 1.82) is 0 Å². The molecule has 0 radical (unpaired) electrons. The topological polar surface area (TPSA) is 115 Å². The summed E-state index contributed by atoms with van der Waals surface area (Å²) >= 11 is 1.19. The molecule has 0 spiro atoms. The van der Waals surface area contributed by atoms with Crippen LogP contribution in [0.2, 0.25) is 0 Å². The molecule has 0 aromatic carbocycles. The van der Waals surface area contributed by atoms with Crippen molar-refractivity contribution in [3.8, 4) is 11.4 Å². The van der Waals surface area contributed by atoms with Crippen LogP contribution < -0.4 is 10.6 Å². The van der Waals surface area contributed by atoms with E-state index in [1.165, 1.54) is 11.8 Å². The van der Waals surface area contributed by atoms with E-state index >= 15 is 0 Å². The molecule has 0 saturated heterocycles. The van der Waals surface area contributed by atoms with Gasteiger partial charge in [-0.05, 0) is 37.6 Å². The highest BCUT2D eigenvalue weighted by Crippen LogP contribution is 2.24. The molecular weight excluding hydrogens is 392 g/mol. The monoisotopic (exact) mass is 414 g/mol. The first kappa shape index (κ1) is 20.6. The van der Waals surface area contributed by atoms with Crippen LogP contribution in [0.15, 0.2) is 52.5 Å². The fourth-order valence-corrected chi connectivity index (χ4v) is 3.20. The number of nitrogens with zero attached hydrogens (tertiary/aromatic N) is 4. The van der Waals surface area contributed by atoms with E-state index in [1.807, 2.05) is 36.6 Å². The van der Waals surface area contributed by atoms with Crippen molar-refractivity contribution in [1.82, 2.24) is 30.4 Å². The second-order valence-corrected chi connectivity index (χ2v) is 7.28. The highest BCUT2D eigenvalue weighted by molar-refractivity contribution is 7.99. The summed E-state index contributed by atoms with van der Waals surface area (Å²) in [5.74, 6) is 0.962. The van der Waals surface area contributed by atoms with Gasteiger partial charge in [0.15, 0.2) is 11.0 Å². The van der Waals surface area contributed by atoms with Crippen LogP contribution >= 0.6 is 11.8 Å². The maximum Gasteiger partial charge on any atom is 0.321 e. The molecule has 0 unspecified atom stereocenters. The van der Waals surface area contributed by atoms with Gasteiger partial charge in [0.25, 0.3) is 0 Å². The summed E-state index contributed by atoms with van der Waals surface area (Å²) < 4.78 is 7.30. The van der Waals surface area contributed by atoms with Crippen molar-refractivity contribution in [3.05, 3.63) is 48.7 Å². The first-order chi connectivity index (χ1) is 14.1. The van der Waals surface area contributed by atoms with E-state index in [2.05, 4.69) is 25.8 Å². The van der Waals surface area contributed by atoms with Crippen molar-refractivity contribution in [2.75, 3.05) is 5.75 Å². The zero-order valence-corrected chi connectivity index (χ0v) is 17.0. The van der Waals surface area contributed by atoms with Gasteiger partial charge < -0.3 is 9.73 Å². The Morgan fingerprint density at radius 3 is 2.83 bits per heavy atom. The molecule has 9 nitrogen and oxygen atoms in total. The van der Waals surface area contributed by atoms with Crippen LogP contribution in [0.3, 0.4) is 0 Å². The largest absolute Gasteiger partial charge is 0.467 e. The number of nitrogens with one attached hydrogen (secondary N) is 2. The summed E-state index contributed by atoms with van der Waals surface area (Å²) in [6.45, 7) is 4.23. The lowest BCUT2D eigenvalue weighted by Crippen LogP contribution is -2.43. The molecule has 3 aromatic heterocycles. The van der Waals surface area contributed by atoms with Gasteiger partial charge in [-0.3, -0.25) is 19.7 Å². The first-order valence-corrected chi connectivity index (χ1v) is 10.1. The van der Waals surface area contributed by atoms with Gasteiger partial charge in [0.05, 0.1) is 18.6 Å². The smallest absolute Gasteiger partial charge is 0.321 e. The molecule has 29 heavy (non-hydrogen) atoms. The normalized spacial score (nSPS) is 11.8. The molecule has 1 atom stereocenters. The molecular formula is C19H22N6O3S. The highest BCUT2D eigenvalue weighted by atomic mass is 32.2. The van der Waals surface area contributed by atoms with E-state index in [-0.39, 0.29) is 11.8 Å². The number of carbonyl (C=O) groups excluding carboxylic acids is 2. The summed E-state index contributed by atoms with van der Waals surface area (Å²) in [6, 6.07) is 6.85. The third-order valence-electron chi connectivity index (χ3n) is 4.11. The van der Waals surface area contributed by atoms with Gasteiger partial charge in [0.2, 0.25) is 5.91 Å². The van der Waals surface area contributed by atoms with Gasteiger partial charge in [-0.25, -0.2) is 4.79 Å². The molecule has 3 amide bonds. The fourth-order valence-electron chi connectivity index (χ4n) is 2.46. The van der Waals surface area contributed by atoms with Crippen LogP contribution in [0, 0.1) is 0 Å². The number of urea groups is 1. The molecule has 0 aliphatic rings. The minimum absolute atomic E-state index is 0.00566. The fraction of sp³-hybridized carbons (Fsp3) is 0.316. The number of hydrogen-bond donors (Lipinski definition) is 2. The zero-order chi connectivity index (χ0) is 20.6. The van der Waals surface area contributed by atoms with Crippen molar-refractivity contribution >= 4 is 23.7 Å². The lowest BCUT2D eigenvalue weighted by Gasteiger charge is -2.12. The average Bonchev–Trinajstić information content (AvgIpc) is 3.37. The molecule has 0 aliphatic heterocycles. The zero-order valence-electron chi connectivity index (χ0n) is 16.2. The van der Waals surface area contributed by atoms with Crippen molar-refractivity contribution < 1.29 is 14.0 Å². The number of furan rings is 1. The van der Waals surface area contributed by atoms with Gasteiger partial charge in [-0.1, -0.05) is 18.7 Å². The predicted molar refractivity (Wildman–Crippen MR) is 108 cm³/mol. The molecule has 3 aromatic rings. The molecule has 10 heteroatoms. The quantitative estimate of drug-likeness (QED) is 0.545. The van der Waals surface area contributed by atoms with Crippen LogP contribution in [0.4, 0.5) is 4.79 Å². The number of thioether (sulfide) groups is 1. The molecule has 0 saturated carbocycles. The van der Waals surface area contributed by atoms with E-state index in [4.69, 9.17) is 4.42 Å². The molecule has 3 rings (SSSR count). The summed E-state index contributed by atoms with van der Waals surface area (Å²) in [7, 11) is 0. The number of pyridine rings is 1. The first-order valence-electron chi connectivity index (χ1n) is 9.16. The maximum atomic E-state index is 12.1. The van der Waals surface area contributed by atoms with Crippen LogP contribution in [0.25, 0.3) is 11.4 Å². The van der Waals surface area contributed by atoms with Crippen molar-refractivity contribution in [3.63, 3.8) is 0 Å². The number of aromatic nitrogens is 4. The second kappa shape index (κ2) is 9.87. The predicted octanol–water partition coefficient (Wildman–Crippen LogP) is 2.70. The summed E-state index contributed by atoms with van der Waals surface area (Å²) in [5.41, 5.74) is 0.802. The Kier molecular flexibility index (Phi) is 7.01. The van der Waals surface area contributed by atoms with Gasteiger partial charge in [0, 0.05) is 24.0 Å². The Hall–Kier alpha value is -3.14. The molecule has 0 bridgehead atoms. The number of hydrogen-bond acceptors (Lipinski definition) is 7. The second-order valence-electron chi connectivity index (χ2n) is 6.33. The minimum Gasteiger partial charge on any atom is -0.467 e. The Labute approximate surface area is 172 Å². The lowest BCUT2D eigenvalue weighted by atomic mass is 10.2. The van der Waals surface area contributed by atoms with Crippen molar-refractivity contribution in [2.24, 2.45) is 0 Å². The number of carbonyl (C=O) groups is 2. The molecule has 152 valence electrons. The highest BCUT2D eigenvalue weighted by Gasteiger charge is 2.18. The van der Waals surface area contributed by atoms with E-state index in [1.54, 1.807) is 24.7 Å². The maximum absolute atomic E-state index is 12.1. The van der Waals surface area contributed by atoms with Gasteiger partial charge in [-0.15, -0.1) is 10.2 Å². The van der Waals surface area contributed by atoms with E-state index in [0.717, 1.165) is 17.7 Å². The Balaban J connectivity index is 1.71. The number of imide groups is 1. The van der Waals surface area contributed by atoms with Crippen LogP contribution in [-0.2, 0) is 11.3 Å². The Bertz CT molecular complexity index is 942. The summed E-state index contributed by atoms with van der Waals surface area (Å²) in [4.78, 5) is 28.0. The third-order valence-corrected chi connectivity index (χ3v) is 5.07. The van der Waals surface area contributed by atoms with Crippen LogP contribution in [0.1, 0.15) is 26.0 Å². The SMILES string of the molecule is CC[C@H](C)NC(=O)NC(=O)CSc1nnc(-c2cccnc2)n1Cc1ccco1. The van der Waals surface area contributed by atoms with E-state index < -0.39 is 11.9 Å². The summed E-state index contributed by atoms with van der Waals surface area (Å²) in [6.07, 6.45) is 5.76. The molecule has 0 fully saturated rings. The minimum atomic E-state index is -0.502. The standard InChI is InChI=1S/C19H22N6O3S/c1-3-13(2)21-18(27)22-16(26)12-29-19-24-23-17(14-6-4-8-20-10-14)25(19)11-15-7-5-9-28-15/h4-10,13H,3,11-12H2,1-2H3,(H2,21,22,26,27)/t13-/m0/s1. The Morgan fingerprint density at radius 1 is 1.28 bits per heavy atom. The van der Waals surface area contributed by atoms with Crippen LogP contribution in [0.5, 0.6) is 0 Å². The molecule has 0 aliphatic carbocycles. The van der Waals surface area contributed by atoms with Gasteiger partial charge >= 0.3 is 6.03 Å². The molecule has 3 heterocycles. The van der Waals surface area contributed by atoms with Crippen molar-refractivity contribution in [2.45, 2.75) is 38.0 Å². The van der Waals surface area contributed by atoms with Crippen LogP contribution in [-0.4, -0.2) is 43.5 Å². The third kappa shape index (κ3) is 5.67. The average molecular weight is 414 g/mol. The summed E-state index contributed by atoms with van der Waals surface area (Å²) in [5, 5.41) is 14.0. The number of rotatable bonds is 8. The van der Waals surface area contributed by atoms with Gasteiger partial charge in [-0.2, -0.15) is 0 Å². The van der Waals surface area contributed by atoms with E-state index in [0.29, 0.717) is 17.5 Å². The number of amides is 3. The van der Waals surface area contributed by atoms with E-state index in [9.17, 15) is 9.59 Å². The Morgan fingerprint density at radius 2 is 2.14 bits per heavy atom. The molecule has 2 N–H and O–H groups in total.